The molecule has 0 aliphatic heterocycles. The number of amides is 1. The molecule has 2 aliphatic carbocycles. The van der Waals surface area contributed by atoms with E-state index in [4.69, 9.17) is 34.0 Å². The molecule has 6 N–H and O–H groups in total. The Balaban J connectivity index is 0.000000933. The highest BCUT2D eigenvalue weighted by Crippen LogP contribution is 2.45. The van der Waals surface area contributed by atoms with Crippen molar-refractivity contribution >= 4 is 89.1 Å². The van der Waals surface area contributed by atoms with Gasteiger partial charge in [-0.2, -0.15) is 54.0 Å². The molecule has 0 bridgehead atoms. The van der Waals surface area contributed by atoms with Crippen LogP contribution in [0, 0.1) is 11.8 Å². The molecule has 11 nitrogen and oxygen atoms in total. The molecule has 1 amide bonds. The van der Waals surface area contributed by atoms with Crippen LogP contribution in [0.15, 0.2) is 85.5 Å². The Morgan fingerprint density at radius 1 is 0.689 bits per heavy atom. The van der Waals surface area contributed by atoms with E-state index in [1.807, 2.05) is 64.6 Å². The second-order valence-electron chi connectivity index (χ2n) is 15.5. The lowest BCUT2D eigenvalue weighted by molar-refractivity contribution is -0.137. The van der Waals surface area contributed by atoms with E-state index in [-0.39, 0.29) is 95.7 Å². The minimum atomic E-state index is -0.710. The quantitative estimate of drug-likeness (QED) is 0.0713. The zero-order valence-corrected chi connectivity index (χ0v) is 40.9. The van der Waals surface area contributed by atoms with Crippen LogP contribution in [0.25, 0.3) is 0 Å². The zero-order chi connectivity index (χ0) is 41.5. The van der Waals surface area contributed by atoms with Crippen molar-refractivity contribution in [1.29, 1.82) is 0 Å². The van der Waals surface area contributed by atoms with Gasteiger partial charge in [0.05, 0.1) is 16.5 Å². The summed E-state index contributed by atoms with van der Waals surface area (Å²) < 4.78 is 0. The van der Waals surface area contributed by atoms with Gasteiger partial charge in [0.15, 0.2) is 0 Å². The number of phenols is 2. The Hall–Kier alpha value is -2.86. The number of phenolic OH excluding ortho intramolecular Hbond substituents is 2. The van der Waals surface area contributed by atoms with E-state index in [2.05, 4.69) is 25.1 Å². The van der Waals surface area contributed by atoms with Crippen LogP contribution in [0.1, 0.15) is 72.6 Å². The summed E-state index contributed by atoms with van der Waals surface area (Å²) in [6.45, 7) is 1.17. The highest BCUT2D eigenvalue weighted by atomic mass is 35.5. The molecule has 2 heterocycles. The van der Waals surface area contributed by atoms with Crippen molar-refractivity contribution in [2.24, 2.45) is 17.6 Å². The highest BCUT2D eigenvalue weighted by Gasteiger charge is 2.34. The molecule has 2 aliphatic rings. The van der Waals surface area contributed by atoms with Gasteiger partial charge in [-0.05, 0) is 161 Å². The number of nitrogens with two attached hydrogens (primary N) is 1. The predicted octanol–water partition coefficient (Wildman–Crippen LogP) is 7.59. The fourth-order valence-electron chi connectivity index (χ4n) is 6.84. The Kier molecular flexibility index (Phi) is 28.1. The number of carboxylic acids is 1. The molecule has 4 atom stereocenters. The number of rotatable bonds is 17. The van der Waals surface area contributed by atoms with Crippen LogP contribution in [0.5, 0.6) is 11.5 Å². The number of likely N-dealkylation sites (N-methyl/N-ethyl adjacent to an activating group) is 2. The summed E-state index contributed by atoms with van der Waals surface area (Å²) in [5.74, 6) is 1.23. The maximum absolute atomic E-state index is 12.6. The molecular weight excluding hydrogens is 892 g/mol. The molecule has 0 radical (unpaired) electrons. The first-order valence-corrected chi connectivity index (χ1v) is 20.3. The van der Waals surface area contributed by atoms with E-state index in [0.29, 0.717) is 47.4 Å². The molecule has 2 aromatic carbocycles. The summed E-state index contributed by atoms with van der Waals surface area (Å²) in [5, 5.41) is 31.5. The molecule has 6 rings (SSSR count). The van der Waals surface area contributed by atoms with Crippen LogP contribution in [0.4, 0.5) is 0 Å². The Labute approximate surface area is 400 Å². The second-order valence-corrected chi connectivity index (χ2v) is 16.3. The Morgan fingerprint density at radius 2 is 1.08 bits per heavy atom. The first-order chi connectivity index (χ1) is 27.2. The van der Waals surface area contributed by atoms with Crippen molar-refractivity contribution in [3.8, 4) is 11.5 Å². The number of nitrogens with zero attached hydrogens (tertiary/aromatic N) is 4. The van der Waals surface area contributed by atoms with Gasteiger partial charge in [0.25, 0.3) is 0 Å². The lowest BCUT2D eigenvalue weighted by Crippen LogP contribution is -2.42. The zero-order valence-electron chi connectivity index (χ0n) is 35.4. The summed E-state index contributed by atoms with van der Waals surface area (Å²) in [4.78, 5) is 35.5. The van der Waals surface area contributed by atoms with Crippen molar-refractivity contribution < 1.29 is 24.9 Å². The minimum Gasteiger partial charge on any atom is -0.506 e. The van der Waals surface area contributed by atoms with Crippen LogP contribution < -0.4 is 11.1 Å². The normalized spacial score (nSPS) is 14.6. The highest BCUT2D eigenvalue weighted by molar-refractivity contribution is 7.59. The van der Waals surface area contributed by atoms with Crippen molar-refractivity contribution in [2.75, 3.05) is 41.3 Å². The Morgan fingerprint density at radius 3 is 1.43 bits per heavy atom. The van der Waals surface area contributed by atoms with Gasteiger partial charge in [-0.15, -0.1) is 0 Å². The SMILES string of the molecule is CN(C)[C@H](CN)Cc1ccc(O)c(Cl)c1.CN(C)[C@H](CNC(=O)C[C@H](c1ccncc1)C1CC1)Cc1ccc(O)c(Cl)c1.O=C(O)C[C@H](c1ccncc1)C1CC1.S.S.S.S. The van der Waals surface area contributed by atoms with E-state index in [9.17, 15) is 19.8 Å². The van der Waals surface area contributed by atoms with Crippen molar-refractivity contribution in [3.05, 3.63) is 118 Å². The predicted molar refractivity (Wildman–Crippen MR) is 268 cm³/mol. The van der Waals surface area contributed by atoms with Gasteiger partial charge in [-0.1, -0.05) is 35.3 Å². The minimum absolute atomic E-state index is 0. The van der Waals surface area contributed by atoms with Crippen LogP contribution in [-0.2, 0) is 22.4 Å². The van der Waals surface area contributed by atoms with Crippen LogP contribution in [0.2, 0.25) is 10.0 Å². The largest absolute Gasteiger partial charge is 0.506 e. The van der Waals surface area contributed by atoms with Gasteiger partial charge in [-0.3, -0.25) is 19.6 Å². The molecule has 4 aromatic rings. The molecule has 2 aromatic heterocycles. The van der Waals surface area contributed by atoms with Gasteiger partial charge in [0, 0.05) is 56.4 Å². The standard InChI is InChI=1S/C22H28ClN3O2.C11H17ClN2O.C11H13NO2.4H2S/c1-26(2)18(11-15-3-6-21(27)20(23)12-15)14-25-22(28)13-19(16-4-5-16)17-7-9-24-10-8-17;1-14(2)9(7-13)5-8-3-4-11(15)10(12)6-8;13-11(14)7-10(8-1-2-8)9-3-5-12-6-4-9;;;;/h3,6-10,12,16,18-19,27H,4-5,11,13-14H2,1-2H3,(H,25,28);3-4,6,9,15H,5,7,13H2,1-2H3;3-6,8,10H,1-2,7H2,(H,13,14);4*1H2/t18-,19-;9-;10-;;;;/m000..../s1. The lowest BCUT2D eigenvalue weighted by atomic mass is 9.91. The number of pyridine rings is 2. The number of benzene rings is 2. The van der Waals surface area contributed by atoms with Crippen molar-refractivity contribution in [3.63, 3.8) is 0 Å². The number of carbonyl (C=O) groups excluding carboxylic acids is 1. The van der Waals surface area contributed by atoms with Gasteiger partial charge < -0.3 is 36.2 Å². The van der Waals surface area contributed by atoms with E-state index in [1.165, 1.54) is 31.2 Å². The summed E-state index contributed by atoms with van der Waals surface area (Å²) >= 11 is 11.8. The molecule has 0 unspecified atom stereocenters. The molecule has 0 saturated heterocycles. The first-order valence-electron chi connectivity index (χ1n) is 19.5. The molecule has 17 heteroatoms. The number of aliphatic carboxylic acids is 1. The number of carboxylic acid groups (broad SMARTS) is 1. The Bertz CT molecular complexity index is 1870. The van der Waals surface area contributed by atoms with Crippen molar-refractivity contribution in [1.82, 2.24) is 25.1 Å². The molecule has 2 fully saturated rings. The monoisotopic (exact) mass is 956 g/mol. The third kappa shape index (κ3) is 20.5. The summed E-state index contributed by atoms with van der Waals surface area (Å²) in [7, 11) is 8.00. The third-order valence-electron chi connectivity index (χ3n) is 10.7. The maximum atomic E-state index is 12.6. The molecule has 340 valence electrons. The molecule has 61 heavy (non-hydrogen) atoms. The molecule has 0 spiro atoms. The van der Waals surface area contributed by atoms with Crippen LogP contribution >= 0.6 is 77.2 Å². The smallest absolute Gasteiger partial charge is 0.303 e. The van der Waals surface area contributed by atoms with Crippen LogP contribution in [-0.4, -0.2) is 100 Å². The third-order valence-corrected chi connectivity index (χ3v) is 11.3. The lowest BCUT2D eigenvalue weighted by Gasteiger charge is -2.25. The topological polar surface area (TPSA) is 165 Å². The fraction of sp³-hybridized carbons (Fsp3) is 0.455. The summed E-state index contributed by atoms with van der Waals surface area (Å²) in [6, 6.07) is 18.8. The summed E-state index contributed by atoms with van der Waals surface area (Å²) in [6.07, 6.45) is 14.1. The summed E-state index contributed by atoms with van der Waals surface area (Å²) in [5.41, 5.74) is 10.1. The van der Waals surface area contributed by atoms with Gasteiger partial charge in [0.2, 0.25) is 5.91 Å². The van der Waals surface area contributed by atoms with Crippen molar-refractivity contribution in [2.45, 2.75) is 75.3 Å². The molecule has 2 saturated carbocycles. The molecular formula is C44H66Cl2N6O5S4. The van der Waals surface area contributed by atoms with E-state index >= 15 is 0 Å². The van der Waals surface area contributed by atoms with Gasteiger partial charge >= 0.3 is 5.97 Å². The number of nitrogens with one attached hydrogen (secondary N) is 1. The van der Waals surface area contributed by atoms with E-state index in [1.54, 1.807) is 49.1 Å². The first kappa shape index (κ1) is 58.1. The average Bonchev–Trinajstić information content (AvgIpc) is 4.13. The fourth-order valence-corrected chi connectivity index (χ4v) is 7.24. The second kappa shape index (κ2) is 29.5. The van der Waals surface area contributed by atoms with E-state index < -0.39 is 5.97 Å². The number of hydrogen-bond donors (Lipinski definition) is 5. The number of aromatic hydroxyl groups is 2. The van der Waals surface area contributed by atoms with Gasteiger partial charge in [-0.25, -0.2) is 0 Å². The number of halogens is 2. The van der Waals surface area contributed by atoms with E-state index in [0.717, 1.165) is 29.5 Å². The number of hydrogen-bond acceptors (Lipinski definition) is 9. The number of carbonyl (C=O) groups is 2. The number of aromatic nitrogens is 2. The maximum Gasteiger partial charge on any atom is 0.303 e. The van der Waals surface area contributed by atoms with Gasteiger partial charge in [0.1, 0.15) is 11.5 Å². The van der Waals surface area contributed by atoms with Crippen LogP contribution in [0.3, 0.4) is 0 Å². The average molecular weight is 958 g/mol.